The molecular weight excluding hydrogens is 318 g/mol. The number of hydrogen-bond donors (Lipinski definition) is 3. The molecule has 1 aromatic rings. The van der Waals surface area contributed by atoms with E-state index in [2.05, 4.69) is 17.9 Å². The van der Waals surface area contributed by atoms with E-state index in [0.29, 0.717) is 12.2 Å². The fourth-order valence-corrected chi connectivity index (χ4v) is 2.95. The molecule has 0 aliphatic heterocycles. The molecule has 3 atom stereocenters. The van der Waals surface area contributed by atoms with Crippen molar-refractivity contribution < 1.29 is 14.7 Å². The van der Waals surface area contributed by atoms with Crippen molar-refractivity contribution in [2.45, 2.75) is 37.5 Å². The number of hydrogen-bond acceptors (Lipinski definition) is 4. The Balaban J connectivity index is 2.75. The maximum atomic E-state index is 12.3. The van der Waals surface area contributed by atoms with Crippen LogP contribution in [0.1, 0.15) is 30.4 Å². The highest BCUT2D eigenvalue weighted by atomic mass is 32.2. The van der Waals surface area contributed by atoms with Crippen molar-refractivity contribution in [1.82, 2.24) is 5.32 Å². The molecule has 1 unspecified atom stereocenters. The fraction of sp³-hybridized carbons (Fsp3) is 0.500. The first-order chi connectivity index (χ1) is 10.4. The van der Waals surface area contributed by atoms with Gasteiger partial charge in [0.15, 0.2) is 0 Å². The lowest BCUT2D eigenvalue weighted by molar-refractivity contribution is -0.141. The zero-order valence-electron chi connectivity index (χ0n) is 13.1. The minimum atomic E-state index is -1.01. The second kappa shape index (κ2) is 9.10. The van der Waals surface area contributed by atoms with E-state index in [4.69, 9.17) is 0 Å². The summed E-state index contributed by atoms with van der Waals surface area (Å²) in [6.07, 6.45) is 2.31. The van der Waals surface area contributed by atoms with Gasteiger partial charge in [0, 0.05) is 5.92 Å². The van der Waals surface area contributed by atoms with Crippen LogP contribution in [0.3, 0.4) is 0 Å². The van der Waals surface area contributed by atoms with Crippen LogP contribution in [-0.2, 0) is 9.59 Å². The van der Waals surface area contributed by atoms with E-state index in [1.807, 2.05) is 44.4 Å². The first-order valence-corrected chi connectivity index (χ1v) is 9.05. The normalized spacial score (nSPS) is 14.9. The van der Waals surface area contributed by atoms with Crippen LogP contribution in [0.15, 0.2) is 24.3 Å². The number of aryl methyl sites for hydroxylation is 1. The Bertz CT molecular complexity index is 522. The smallest absolute Gasteiger partial charge is 0.326 e. The molecule has 0 heterocycles. The molecule has 0 radical (unpaired) electrons. The molecule has 122 valence electrons. The number of thiol groups is 1. The Kier molecular flexibility index (Phi) is 7.82. The van der Waals surface area contributed by atoms with Gasteiger partial charge in [-0.15, -0.1) is 0 Å². The molecule has 1 rings (SSSR count). The van der Waals surface area contributed by atoms with E-state index in [1.165, 1.54) is 0 Å². The van der Waals surface area contributed by atoms with Gasteiger partial charge in [0.1, 0.15) is 6.04 Å². The maximum absolute atomic E-state index is 12.3. The molecule has 0 saturated heterocycles. The average molecular weight is 341 g/mol. The number of carboxylic acids is 1. The SMILES string of the molecule is CSCC[C@H](NC(=O)[C@@H](S)C(C)c1ccccc1C)C(=O)O. The van der Waals surface area contributed by atoms with Crippen molar-refractivity contribution in [2.24, 2.45) is 0 Å². The van der Waals surface area contributed by atoms with Gasteiger partial charge in [-0.2, -0.15) is 24.4 Å². The second-order valence-electron chi connectivity index (χ2n) is 5.27. The number of carbonyl (C=O) groups is 2. The Labute approximate surface area is 141 Å². The van der Waals surface area contributed by atoms with E-state index < -0.39 is 17.3 Å². The summed E-state index contributed by atoms with van der Waals surface area (Å²) in [5.74, 6) is -0.763. The predicted octanol–water partition coefficient (Wildman–Crippen LogP) is 2.72. The van der Waals surface area contributed by atoms with Gasteiger partial charge in [-0.05, 0) is 36.5 Å². The van der Waals surface area contributed by atoms with Crippen molar-refractivity contribution in [3.8, 4) is 0 Å². The number of rotatable bonds is 8. The summed E-state index contributed by atoms with van der Waals surface area (Å²) in [7, 11) is 0. The lowest BCUT2D eigenvalue weighted by atomic mass is 9.93. The number of benzene rings is 1. The lowest BCUT2D eigenvalue weighted by Gasteiger charge is -2.23. The molecule has 0 bridgehead atoms. The van der Waals surface area contributed by atoms with Crippen LogP contribution in [0.2, 0.25) is 0 Å². The molecule has 0 spiro atoms. The largest absolute Gasteiger partial charge is 0.480 e. The van der Waals surface area contributed by atoms with E-state index in [9.17, 15) is 14.7 Å². The van der Waals surface area contributed by atoms with Gasteiger partial charge in [0.25, 0.3) is 0 Å². The molecule has 6 heteroatoms. The maximum Gasteiger partial charge on any atom is 0.326 e. The summed E-state index contributed by atoms with van der Waals surface area (Å²) < 4.78 is 0. The topological polar surface area (TPSA) is 66.4 Å². The zero-order chi connectivity index (χ0) is 16.7. The summed E-state index contributed by atoms with van der Waals surface area (Å²) in [6.45, 7) is 3.92. The van der Waals surface area contributed by atoms with Crippen LogP contribution in [0.4, 0.5) is 0 Å². The highest BCUT2D eigenvalue weighted by Gasteiger charge is 2.27. The van der Waals surface area contributed by atoms with Crippen molar-refractivity contribution in [2.75, 3.05) is 12.0 Å². The van der Waals surface area contributed by atoms with Crippen molar-refractivity contribution >= 4 is 36.3 Å². The van der Waals surface area contributed by atoms with Crippen LogP contribution in [0.25, 0.3) is 0 Å². The van der Waals surface area contributed by atoms with E-state index in [-0.39, 0.29) is 11.8 Å². The number of amides is 1. The van der Waals surface area contributed by atoms with Crippen LogP contribution in [0.5, 0.6) is 0 Å². The van der Waals surface area contributed by atoms with Gasteiger partial charge >= 0.3 is 5.97 Å². The number of aliphatic carboxylic acids is 1. The first kappa shape index (κ1) is 18.9. The summed E-state index contributed by atoms with van der Waals surface area (Å²) in [5.41, 5.74) is 2.15. The number of carbonyl (C=O) groups excluding carboxylic acids is 1. The minimum absolute atomic E-state index is 0.0977. The number of thioether (sulfide) groups is 1. The molecule has 0 fully saturated rings. The zero-order valence-corrected chi connectivity index (χ0v) is 14.8. The van der Waals surface area contributed by atoms with Crippen molar-refractivity contribution in [1.29, 1.82) is 0 Å². The van der Waals surface area contributed by atoms with Gasteiger partial charge < -0.3 is 10.4 Å². The van der Waals surface area contributed by atoms with Gasteiger partial charge in [0.05, 0.1) is 5.25 Å². The first-order valence-electron chi connectivity index (χ1n) is 7.14. The molecule has 0 saturated carbocycles. The highest BCUT2D eigenvalue weighted by Crippen LogP contribution is 2.26. The molecule has 0 aliphatic carbocycles. The lowest BCUT2D eigenvalue weighted by Crippen LogP contribution is -2.45. The third-order valence-electron chi connectivity index (χ3n) is 3.65. The van der Waals surface area contributed by atoms with E-state index >= 15 is 0 Å². The van der Waals surface area contributed by atoms with Crippen LogP contribution < -0.4 is 5.32 Å². The molecular formula is C16H23NO3S2. The van der Waals surface area contributed by atoms with Crippen LogP contribution in [0, 0.1) is 6.92 Å². The average Bonchev–Trinajstić information content (AvgIpc) is 2.49. The Hall–Kier alpha value is -1.14. The van der Waals surface area contributed by atoms with E-state index in [1.54, 1.807) is 11.8 Å². The van der Waals surface area contributed by atoms with E-state index in [0.717, 1.165) is 11.1 Å². The summed E-state index contributed by atoms with van der Waals surface area (Å²) in [5, 5.41) is 11.2. The monoisotopic (exact) mass is 341 g/mol. The number of carboxylic acid groups (broad SMARTS) is 1. The fourth-order valence-electron chi connectivity index (χ4n) is 2.25. The molecule has 1 amide bonds. The van der Waals surface area contributed by atoms with Crippen molar-refractivity contribution in [3.05, 3.63) is 35.4 Å². The summed E-state index contributed by atoms with van der Waals surface area (Å²) in [6, 6.07) is 6.97. The van der Waals surface area contributed by atoms with Gasteiger partial charge in [-0.3, -0.25) is 4.79 Å². The van der Waals surface area contributed by atoms with Crippen molar-refractivity contribution in [3.63, 3.8) is 0 Å². The Morgan fingerprint density at radius 1 is 1.36 bits per heavy atom. The Morgan fingerprint density at radius 2 is 2.00 bits per heavy atom. The predicted molar refractivity (Wildman–Crippen MR) is 94.9 cm³/mol. The molecule has 2 N–H and O–H groups in total. The standard InChI is InChI=1S/C16H23NO3S2/c1-10-6-4-5-7-12(10)11(2)14(21)15(18)17-13(16(19)20)8-9-22-3/h4-7,11,13-14,21H,8-9H2,1-3H3,(H,17,18)(H,19,20)/t11?,13-,14-/m0/s1. The quantitative estimate of drug-likeness (QED) is 0.636. The molecule has 22 heavy (non-hydrogen) atoms. The van der Waals surface area contributed by atoms with Crippen LogP contribution >= 0.6 is 24.4 Å². The number of nitrogens with one attached hydrogen (secondary N) is 1. The molecule has 0 aliphatic rings. The van der Waals surface area contributed by atoms with Crippen LogP contribution in [-0.4, -0.2) is 40.3 Å². The highest BCUT2D eigenvalue weighted by molar-refractivity contribution is 7.98. The Morgan fingerprint density at radius 3 is 2.55 bits per heavy atom. The van der Waals surface area contributed by atoms with Gasteiger partial charge in [-0.1, -0.05) is 31.2 Å². The molecule has 4 nitrogen and oxygen atoms in total. The third kappa shape index (κ3) is 5.25. The third-order valence-corrected chi connectivity index (χ3v) is 4.97. The van der Waals surface area contributed by atoms with Gasteiger partial charge in [0.2, 0.25) is 5.91 Å². The minimum Gasteiger partial charge on any atom is -0.480 e. The van der Waals surface area contributed by atoms with Gasteiger partial charge in [-0.25, -0.2) is 4.79 Å². The molecule has 0 aromatic heterocycles. The summed E-state index contributed by atoms with van der Waals surface area (Å²) in [4.78, 5) is 23.5. The second-order valence-corrected chi connectivity index (χ2v) is 6.81. The summed E-state index contributed by atoms with van der Waals surface area (Å²) >= 11 is 5.96. The molecule has 1 aromatic carbocycles.